The quantitative estimate of drug-likeness (QED) is 0.530. The number of halogens is 2. The Morgan fingerprint density at radius 3 is 2.43 bits per heavy atom. The number of hydrogen-bond donors (Lipinski definition) is 1. The minimum Gasteiger partial charge on any atom is -0.484 e. The lowest BCUT2D eigenvalue weighted by molar-refractivity contribution is -0.142. The molecule has 162 valence electrons. The van der Waals surface area contributed by atoms with Crippen molar-refractivity contribution in [3.05, 3.63) is 62.6 Å². The maximum absolute atomic E-state index is 13.1. The van der Waals surface area contributed by atoms with Gasteiger partial charge in [-0.05, 0) is 62.1 Å². The van der Waals surface area contributed by atoms with Gasteiger partial charge in [0.1, 0.15) is 11.8 Å². The minimum atomic E-state index is -0.655. The van der Waals surface area contributed by atoms with Crippen LogP contribution in [-0.2, 0) is 16.1 Å². The highest BCUT2D eigenvalue weighted by atomic mass is 79.9. The maximum Gasteiger partial charge on any atom is 0.261 e. The summed E-state index contributed by atoms with van der Waals surface area (Å²) < 4.78 is 6.78. The molecule has 1 unspecified atom stereocenters. The topological polar surface area (TPSA) is 58.6 Å². The van der Waals surface area contributed by atoms with Crippen LogP contribution in [0.5, 0.6) is 5.75 Å². The third kappa shape index (κ3) is 6.47. The summed E-state index contributed by atoms with van der Waals surface area (Å²) in [6.45, 7) is 8.25. The highest BCUT2D eigenvalue weighted by Gasteiger charge is 2.27. The number of amides is 2. The Kier molecular flexibility index (Phi) is 9.18. The maximum atomic E-state index is 13.1. The smallest absolute Gasteiger partial charge is 0.261 e. The number of hydrogen-bond acceptors (Lipinski definition) is 3. The van der Waals surface area contributed by atoms with Crippen molar-refractivity contribution in [2.45, 2.75) is 46.7 Å². The summed E-state index contributed by atoms with van der Waals surface area (Å²) in [6.07, 6.45) is 0.822. The summed E-state index contributed by atoms with van der Waals surface area (Å²) >= 11 is 9.82. The molecule has 0 radical (unpaired) electrons. The summed E-state index contributed by atoms with van der Waals surface area (Å²) in [4.78, 5) is 27.1. The van der Waals surface area contributed by atoms with Crippen molar-refractivity contribution in [3.8, 4) is 5.75 Å². The van der Waals surface area contributed by atoms with E-state index >= 15 is 0 Å². The molecule has 0 heterocycles. The summed E-state index contributed by atoms with van der Waals surface area (Å²) in [5.41, 5.74) is 2.83. The second-order valence-corrected chi connectivity index (χ2v) is 8.44. The molecule has 2 aromatic rings. The first-order chi connectivity index (χ1) is 14.2. The lowest BCUT2D eigenvalue weighted by Gasteiger charge is -2.29. The van der Waals surface area contributed by atoms with Crippen molar-refractivity contribution in [3.63, 3.8) is 0 Å². The SMILES string of the molecule is CCCNC(=O)C(C)N(Cc1ccccc1Cl)C(=O)COc1cc(C)c(Br)c(C)c1. The summed E-state index contributed by atoms with van der Waals surface area (Å²) in [5.74, 6) is 0.127. The van der Waals surface area contributed by atoms with E-state index in [9.17, 15) is 9.59 Å². The third-order valence-electron chi connectivity index (χ3n) is 4.79. The molecule has 5 nitrogen and oxygen atoms in total. The molecule has 7 heteroatoms. The van der Waals surface area contributed by atoms with Crippen molar-refractivity contribution in [2.24, 2.45) is 0 Å². The molecular formula is C23H28BrClN2O3. The van der Waals surface area contributed by atoms with Crippen LogP contribution in [0.25, 0.3) is 0 Å². The van der Waals surface area contributed by atoms with E-state index in [1.54, 1.807) is 13.0 Å². The van der Waals surface area contributed by atoms with Crippen molar-refractivity contribution in [2.75, 3.05) is 13.2 Å². The molecule has 2 amide bonds. The van der Waals surface area contributed by atoms with Crippen LogP contribution in [0, 0.1) is 13.8 Å². The zero-order chi connectivity index (χ0) is 22.3. The molecule has 0 fully saturated rings. The van der Waals surface area contributed by atoms with Crippen LogP contribution in [0.15, 0.2) is 40.9 Å². The molecule has 2 aromatic carbocycles. The average Bonchev–Trinajstić information content (AvgIpc) is 2.72. The molecule has 0 bridgehead atoms. The second-order valence-electron chi connectivity index (χ2n) is 7.24. The van der Waals surface area contributed by atoms with E-state index in [0.29, 0.717) is 17.3 Å². The third-order valence-corrected chi connectivity index (χ3v) is 6.41. The summed E-state index contributed by atoms with van der Waals surface area (Å²) in [7, 11) is 0. The first-order valence-corrected chi connectivity index (χ1v) is 11.1. The lowest BCUT2D eigenvalue weighted by atomic mass is 10.1. The van der Waals surface area contributed by atoms with Gasteiger partial charge in [-0.2, -0.15) is 0 Å². The normalized spacial score (nSPS) is 11.7. The fourth-order valence-corrected chi connectivity index (χ4v) is 3.43. The van der Waals surface area contributed by atoms with Gasteiger partial charge in [0.25, 0.3) is 5.91 Å². The van der Waals surface area contributed by atoms with E-state index in [1.165, 1.54) is 4.90 Å². The van der Waals surface area contributed by atoms with Gasteiger partial charge < -0.3 is 15.0 Å². The van der Waals surface area contributed by atoms with E-state index < -0.39 is 6.04 Å². The van der Waals surface area contributed by atoms with Crippen molar-refractivity contribution >= 4 is 39.3 Å². The van der Waals surface area contributed by atoms with Crippen molar-refractivity contribution in [1.29, 1.82) is 0 Å². The Bertz CT molecular complexity index is 881. The first kappa shape index (κ1) is 24.2. The zero-order valence-corrected chi connectivity index (χ0v) is 20.1. The van der Waals surface area contributed by atoms with E-state index in [1.807, 2.05) is 51.1 Å². The number of nitrogens with zero attached hydrogens (tertiary/aromatic N) is 1. The number of ether oxygens (including phenoxy) is 1. The van der Waals surface area contributed by atoms with Crippen LogP contribution in [0.4, 0.5) is 0 Å². The molecular weight excluding hydrogens is 468 g/mol. The lowest BCUT2D eigenvalue weighted by Crippen LogP contribution is -2.49. The van der Waals surface area contributed by atoms with Gasteiger partial charge in [0, 0.05) is 22.6 Å². The first-order valence-electron chi connectivity index (χ1n) is 9.94. The van der Waals surface area contributed by atoms with E-state index in [-0.39, 0.29) is 25.0 Å². The Morgan fingerprint density at radius 2 is 1.83 bits per heavy atom. The zero-order valence-electron chi connectivity index (χ0n) is 17.8. The van der Waals surface area contributed by atoms with Gasteiger partial charge in [0.05, 0.1) is 0 Å². The molecule has 0 saturated carbocycles. The van der Waals surface area contributed by atoms with Crippen molar-refractivity contribution < 1.29 is 14.3 Å². The Labute approximate surface area is 191 Å². The molecule has 0 aliphatic carbocycles. The van der Waals surface area contributed by atoms with Gasteiger partial charge >= 0.3 is 0 Å². The Morgan fingerprint density at radius 1 is 1.20 bits per heavy atom. The number of carbonyl (C=O) groups excluding carboxylic acids is 2. The average molecular weight is 496 g/mol. The number of nitrogens with one attached hydrogen (secondary N) is 1. The van der Waals surface area contributed by atoms with Crippen LogP contribution < -0.4 is 10.1 Å². The fraction of sp³-hybridized carbons (Fsp3) is 0.391. The van der Waals surface area contributed by atoms with Crippen LogP contribution in [0.1, 0.15) is 37.0 Å². The largest absolute Gasteiger partial charge is 0.484 e. The molecule has 0 aliphatic heterocycles. The van der Waals surface area contributed by atoms with Crippen LogP contribution in [0.3, 0.4) is 0 Å². The molecule has 0 aliphatic rings. The van der Waals surface area contributed by atoms with Gasteiger partial charge in [0.15, 0.2) is 6.61 Å². The number of benzene rings is 2. The second kappa shape index (κ2) is 11.4. The highest BCUT2D eigenvalue weighted by molar-refractivity contribution is 9.10. The van der Waals surface area contributed by atoms with Gasteiger partial charge in [-0.15, -0.1) is 0 Å². The molecule has 1 N–H and O–H groups in total. The van der Waals surface area contributed by atoms with Gasteiger partial charge in [-0.3, -0.25) is 9.59 Å². The number of rotatable bonds is 9. The molecule has 0 aromatic heterocycles. The predicted molar refractivity (Wildman–Crippen MR) is 124 cm³/mol. The molecule has 0 spiro atoms. The monoisotopic (exact) mass is 494 g/mol. The van der Waals surface area contributed by atoms with Gasteiger partial charge in [0.2, 0.25) is 5.91 Å². The summed E-state index contributed by atoms with van der Waals surface area (Å²) in [6, 6.07) is 10.4. The van der Waals surface area contributed by atoms with Crippen LogP contribution in [0.2, 0.25) is 5.02 Å². The number of aryl methyl sites for hydroxylation is 2. The fourth-order valence-electron chi connectivity index (χ4n) is 3.01. The Hall–Kier alpha value is -2.05. The molecule has 1 atom stereocenters. The van der Waals surface area contributed by atoms with E-state index in [2.05, 4.69) is 21.2 Å². The highest BCUT2D eigenvalue weighted by Crippen LogP contribution is 2.26. The van der Waals surface area contributed by atoms with Crippen molar-refractivity contribution in [1.82, 2.24) is 10.2 Å². The predicted octanol–water partition coefficient (Wildman–Crippen LogP) is 5.04. The molecule has 0 saturated heterocycles. The minimum absolute atomic E-state index is 0.170. The standard InChI is InChI=1S/C23H28BrClN2O3/c1-5-10-26-23(29)17(4)27(13-18-8-6-7-9-20(18)25)21(28)14-30-19-11-15(2)22(24)16(3)12-19/h6-9,11-12,17H,5,10,13-14H2,1-4H3,(H,26,29). The van der Waals surface area contributed by atoms with Gasteiger partial charge in [-0.1, -0.05) is 52.7 Å². The Balaban J connectivity index is 2.18. The molecule has 30 heavy (non-hydrogen) atoms. The van der Waals surface area contributed by atoms with Crippen LogP contribution in [-0.4, -0.2) is 35.9 Å². The van der Waals surface area contributed by atoms with Gasteiger partial charge in [-0.25, -0.2) is 0 Å². The van der Waals surface area contributed by atoms with E-state index in [0.717, 1.165) is 27.6 Å². The molecule has 2 rings (SSSR count). The summed E-state index contributed by atoms with van der Waals surface area (Å²) in [5, 5.41) is 3.40. The number of carbonyl (C=O) groups is 2. The van der Waals surface area contributed by atoms with Crippen LogP contribution >= 0.6 is 27.5 Å². The van der Waals surface area contributed by atoms with E-state index in [4.69, 9.17) is 16.3 Å².